The van der Waals surface area contributed by atoms with Crippen molar-refractivity contribution < 1.29 is 19.1 Å². The van der Waals surface area contributed by atoms with E-state index in [1.165, 1.54) is 0 Å². The zero-order valence-corrected chi connectivity index (χ0v) is 19.7. The molecule has 0 aromatic heterocycles. The number of hydrogen-bond acceptors (Lipinski definition) is 5. The first-order chi connectivity index (χ1) is 17.6. The minimum Gasteiger partial charge on any atom is -0.426 e. The first kappa shape index (κ1) is 24.4. The van der Waals surface area contributed by atoms with Crippen LogP contribution in [0.3, 0.4) is 0 Å². The van der Waals surface area contributed by atoms with Gasteiger partial charge in [0.25, 0.3) is 0 Å². The molecule has 36 heavy (non-hydrogen) atoms. The fraction of sp³-hybridized carbons (Fsp3) is 0.129. The van der Waals surface area contributed by atoms with Crippen molar-refractivity contribution in [3.8, 4) is 17.6 Å². The molecule has 0 N–H and O–H groups in total. The van der Waals surface area contributed by atoms with Gasteiger partial charge in [-0.1, -0.05) is 84.9 Å². The van der Waals surface area contributed by atoms with E-state index < -0.39 is 0 Å². The Morgan fingerprint density at radius 1 is 0.611 bits per heavy atom. The Morgan fingerprint density at radius 3 is 1.50 bits per heavy atom. The number of benzene rings is 4. The van der Waals surface area contributed by atoms with Crippen LogP contribution in [0.5, 0.6) is 11.5 Å². The number of nitriles is 1. The van der Waals surface area contributed by atoms with E-state index in [0.29, 0.717) is 17.9 Å². The van der Waals surface area contributed by atoms with Crippen molar-refractivity contribution >= 4 is 11.9 Å². The molecule has 0 heterocycles. The number of esters is 2. The summed E-state index contributed by atoms with van der Waals surface area (Å²) in [6, 6.07) is 35.4. The van der Waals surface area contributed by atoms with Crippen LogP contribution in [0.15, 0.2) is 109 Å². The van der Waals surface area contributed by atoms with Gasteiger partial charge in [0.2, 0.25) is 0 Å². The first-order valence-corrected chi connectivity index (χ1v) is 11.7. The second kappa shape index (κ2) is 12.1. The fourth-order valence-electron chi connectivity index (χ4n) is 3.80. The van der Waals surface area contributed by atoms with Crippen LogP contribution in [-0.2, 0) is 28.9 Å². The van der Waals surface area contributed by atoms with E-state index in [1.54, 1.807) is 36.4 Å². The van der Waals surface area contributed by atoms with Gasteiger partial charge in [0, 0.05) is 0 Å². The van der Waals surface area contributed by atoms with Gasteiger partial charge in [0.15, 0.2) is 0 Å². The second-order valence-corrected chi connectivity index (χ2v) is 8.37. The highest BCUT2D eigenvalue weighted by Crippen LogP contribution is 2.24. The van der Waals surface area contributed by atoms with Crippen molar-refractivity contribution in [1.29, 1.82) is 5.26 Å². The number of nitrogens with zero attached hydrogens (tertiary/aromatic N) is 1. The van der Waals surface area contributed by atoms with Gasteiger partial charge in [-0.3, -0.25) is 9.59 Å². The SMILES string of the molecule is N#CC(Cc1ccc(OC(=O)Cc2ccccc2)cc1)c1ccc(OC(=O)Cc2ccccc2)cc1. The molecule has 0 amide bonds. The number of carbonyl (C=O) groups is 2. The predicted molar refractivity (Wildman–Crippen MR) is 137 cm³/mol. The van der Waals surface area contributed by atoms with Crippen molar-refractivity contribution in [2.45, 2.75) is 25.2 Å². The van der Waals surface area contributed by atoms with Crippen LogP contribution in [-0.4, -0.2) is 11.9 Å². The molecule has 5 nitrogen and oxygen atoms in total. The third-order valence-corrected chi connectivity index (χ3v) is 5.65. The summed E-state index contributed by atoms with van der Waals surface area (Å²) in [5.41, 5.74) is 3.56. The van der Waals surface area contributed by atoms with Gasteiger partial charge < -0.3 is 9.47 Å². The maximum atomic E-state index is 12.2. The Hall–Kier alpha value is -4.69. The lowest BCUT2D eigenvalue weighted by Gasteiger charge is -2.12. The lowest BCUT2D eigenvalue weighted by atomic mass is 9.93. The Labute approximate surface area is 210 Å². The molecule has 0 spiro atoms. The van der Waals surface area contributed by atoms with E-state index in [9.17, 15) is 14.9 Å². The molecule has 0 bridgehead atoms. The van der Waals surface area contributed by atoms with Crippen molar-refractivity contribution in [1.82, 2.24) is 0 Å². The van der Waals surface area contributed by atoms with Crippen LogP contribution in [0.4, 0.5) is 0 Å². The number of ether oxygens (including phenoxy) is 2. The molecule has 0 aliphatic heterocycles. The molecule has 178 valence electrons. The van der Waals surface area contributed by atoms with Gasteiger partial charge in [0.1, 0.15) is 11.5 Å². The average Bonchev–Trinajstić information content (AvgIpc) is 2.90. The van der Waals surface area contributed by atoms with Crippen molar-refractivity contribution in [2.75, 3.05) is 0 Å². The molecule has 0 radical (unpaired) electrons. The molecular formula is C31H25NO4. The quantitative estimate of drug-likeness (QED) is 0.225. The van der Waals surface area contributed by atoms with Crippen LogP contribution < -0.4 is 9.47 Å². The molecule has 4 aromatic carbocycles. The van der Waals surface area contributed by atoms with Crippen LogP contribution in [0, 0.1) is 11.3 Å². The van der Waals surface area contributed by atoms with Gasteiger partial charge in [0.05, 0.1) is 24.8 Å². The summed E-state index contributed by atoms with van der Waals surface area (Å²) < 4.78 is 10.9. The van der Waals surface area contributed by atoms with Crippen LogP contribution in [0.1, 0.15) is 28.2 Å². The topological polar surface area (TPSA) is 76.4 Å². The maximum Gasteiger partial charge on any atom is 0.315 e. The highest BCUT2D eigenvalue weighted by molar-refractivity contribution is 5.75. The summed E-state index contributed by atoms with van der Waals surface area (Å²) in [5, 5.41) is 9.73. The standard InChI is InChI=1S/C31H25NO4/c32-22-27(26-13-17-29(18-14-26)36-31(34)21-24-9-5-2-6-10-24)19-25-11-15-28(16-12-25)35-30(33)20-23-7-3-1-4-8-23/h1-18,27H,19-21H2. The highest BCUT2D eigenvalue weighted by Gasteiger charge is 2.14. The third kappa shape index (κ3) is 7.15. The van der Waals surface area contributed by atoms with Crippen molar-refractivity contribution in [3.05, 3.63) is 131 Å². The monoisotopic (exact) mass is 475 g/mol. The zero-order chi connectivity index (χ0) is 25.2. The van der Waals surface area contributed by atoms with Crippen molar-refractivity contribution in [3.63, 3.8) is 0 Å². The Balaban J connectivity index is 1.30. The van der Waals surface area contributed by atoms with E-state index >= 15 is 0 Å². The van der Waals surface area contributed by atoms with E-state index in [2.05, 4.69) is 6.07 Å². The van der Waals surface area contributed by atoms with Gasteiger partial charge in [-0.25, -0.2) is 0 Å². The van der Waals surface area contributed by atoms with Crippen LogP contribution in [0.2, 0.25) is 0 Å². The zero-order valence-electron chi connectivity index (χ0n) is 19.7. The lowest BCUT2D eigenvalue weighted by Crippen LogP contribution is -2.11. The van der Waals surface area contributed by atoms with E-state index in [1.807, 2.05) is 72.8 Å². The minimum absolute atomic E-state index is 0.195. The smallest absolute Gasteiger partial charge is 0.315 e. The maximum absolute atomic E-state index is 12.2. The normalized spacial score (nSPS) is 11.2. The Bertz CT molecular complexity index is 1330. The molecule has 0 fully saturated rings. The molecule has 0 aliphatic carbocycles. The summed E-state index contributed by atoms with van der Waals surface area (Å²) in [5.74, 6) is -0.123. The number of rotatable bonds is 9. The largest absolute Gasteiger partial charge is 0.426 e. The molecule has 0 saturated heterocycles. The fourth-order valence-corrected chi connectivity index (χ4v) is 3.80. The molecule has 1 atom stereocenters. The molecule has 0 saturated carbocycles. The van der Waals surface area contributed by atoms with E-state index in [0.717, 1.165) is 22.3 Å². The number of hydrogen-bond donors (Lipinski definition) is 0. The predicted octanol–water partition coefficient (Wildman–Crippen LogP) is 5.83. The second-order valence-electron chi connectivity index (χ2n) is 8.37. The van der Waals surface area contributed by atoms with Gasteiger partial charge in [-0.15, -0.1) is 0 Å². The number of carbonyl (C=O) groups excluding carboxylic acids is 2. The summed E-state index contributed by atoms with van der Waals surface area (Å²) in [4.78, 5) is 24.3. The Kier molecular flexibility index (Phi) is 8.24. The first-order valence-electron chi connectivity index (χ1n) is 11.7. The molecule has 5 heteroatoms. The van der Waals surface area contributed by atoms with Crippen LogP contribution in [0.25, 0.3) is 0 Å². The van der Waals surface area contributed by atoms with Gasteiger partial charge >= 0.3 is 11.9 Å². The molecule has 0 aliphatic rings. The molecular weight excluding hydrogens is 450 g/mol. The van der Waals surface area contributed by atoms with E-state index in [-0.39, 0.29) is 30.7 Å². The molecule has 1 unspecified atom stereocenters. The molecule has 4 rings (SSSR count). The minimum atomic E-state index is -0.370. The lowest BCUT2D eigenvalue weighted by molar-refractivity contribution is -0.134. The molecule has 4 aromatic rings. The van der Waals surface area contributed by atoms with E-state index in [4.69, 9.17) is 9.47 Å². The summed E-state index contributed by atoms with van der Waals surface area (Å²) in [7, 11) is 0. The van der Waals surface area contributed by atoms with Crippen molar-refractivity contribution in [2.24, 2.45) is 0 Å². The van der Waals surface area contributed by atoms with Gasteiger partial charge in [-0.05, 0) is 52.9 Å². The highest BCUT2D eigenvalue weighted by atomic mass is 16.5. The average molecular weight is 476 g/mol. The Morgan fingerprint density at radius 2 is 1.06 bits per heavy atom. The summed E-state index contributed by atoms with van der Waals surface area (Å²) in [6.07, 6.45) is 0.902. The summed E-state index contributed by atoms with van der Waals surface area (Å²) in [6.45, 7) is 0. The van der Waals surface area contributed by atoms with Gasteiger partial charge in [-0.2, -0.15) is 5.26 Å². The van der Waals surface area contributed by atoms with Crippen LogP contribution >= 0.6 is 0 Å². The third-order valence-electron chi connectivity index (χ3n) is 5.65. The summed E-state index contributed by atoms with van der Waals surface area (Å²) >= 11 is 0.